The summed E-state index contributed by atoms with van der Waals surface area (Å²) in [6.45, 7) is 1.74. The number of phenols is 1. The van der Waals surface area contributed by atoms with Crippen LogP contribution in [0.3, 0.4) is 0 Å². The van der Waals surface area contributed by atoms with Crippen molar-refractivity contribution in [3.05, 3.63) is 98.5 Å². The molecule has 4 rings (SSSR count). The largest absolute Gasteiger partial charge is 0.506 e. The molecule has 4 aromatic rings. The van der Waals surface area contributed by atoms with Gasteiger partial charge in [-0.05, 0) is 52.7 Å². The monoisotopic (exact) mass is 520 g/mol. The number of aromatic nitrogens is 2. The first-order valence-corrected chi connectivity index (χ1v) is 11.1. The fraction of sp³-hybridized carbons (Fsp3) is 0.120. The van der Waals surface area contributed by atoms with Crippen LogP contribution in [-0.2, 0) is 11.4 Å². The second-order valence-corrected chi connectivity index (χ2v) is 8.12. The summed E-state index contributed by atoms with van der Waals surface area (Å²) >= 11 is 3.29. The molecule has 0 saturated carbocycles. The number of oxime groups is 1. The summed E-state index contributed by atoms with van der Waals surface area (Å²) in [5, 5.41) is 19.2. The molecule has 172 valence electrons. The minimum atomic E-state index is -0.370. The molecule has 1 N–H and O–H groups in total. The van der Waals surface area contributed by atoms with Crippen LogP contribution >= 0.6 is 15.9 Å². The summed E-state index contributed by atoms with van der Waals surface area (Å²) in [5.74, 6) is 0.739. The molecular weight excluding hydrogens is 500 g/mol. The average molecular weight is 521 g/mol. The number of para-hydroxylation sites is 1. The number of aromatic hydroxyl groups is 1. The lowest BCUT2D eigenvalue weighted by molar-refractivity contribution is 0.122. The fourth-order valence-corrected chi connectivity index (χ4v) is 3.69. The lowest BCUT2D eigenvalue weighted by Gasteiger charge is -2.10. The van der Waals surface area contributed by atoms with Gasteiger partial charge in [0.2, 0.25) is 0 Å². The van der Waals surface area contributed by atoms with Crippen LogP contribution in [0.5, 0.6) is 11.5 Å². The maximum atomic E-state index is 13.2. The number of fused-ring (bicyclic) bond motifs is 1. The van der Waals surface area contributed by atoms with E-state index in [1.54, 1.807) is 36.4 Å². The summed E-state index contributed by atoms with van der Waals surface area (Å²) in [6, 6.07) is 19.8. The van der Waals surface area contributed by atoms with Crippen molar-refractivity contribution in [1.82, 2.24) is 9.66 Å². The van der Waals surface area contributed by atoms with Crippen molar-refractivity contribution in [2.45, 2.75) is 13.5 Å². The van der Waals surface area contributed by atoms with E-state index in [4.69, 9.17) is 9.57 Å². The Hall–Kier alpha value is -3.98. The summed E-state index contributed by atoms with van der Waals surface area (Å²) in [6.07, 6.45) is 1.36. The van der Waals surface area contributed by atoms with Crippen LogP contribution in [0.25, 0.3) is 10.9 Å². The van der Waals surface area contributed by atoms with Gasteiger partial charge in [-0.1, -0.05) is 47.6 Å². The van der Waals surface area contributed by atoms with Gasteiger partial charge < -0.3 is 14.7 Å². The lowest BCUT2D eigenvalue weighted by atomic mass is 10.1. The Kier molecular flexibility index (Phi) is 7.03. The van der Waals surface area contributed by atoms with Crippen LogP contribution in [0.2, 0.25) is 0 Å². The number of halogens is 1. The molecule has 0 spiro atoms. The van der Waals surface area contributed by atoms with E-state index in [1.165, 1.54) is 13.3 Å². The van der Waals surface area contributed by atoms with E-state index in [2.05, 4.69) is 31.2 Å². The number of benzene rings is 3. The lowest BCUT2D eigenvalue weighted by Crippen LogP contribution is -2.22. The zero-order valence-corrected chi connectivity index (χ0v) is 20.1. The standard InChI is InChI=1S/C25H21BrN4O4/c1-16(17-8-4-3-5-9-17)29-34-15-23-28-22-11-7-6-10-20(22)25(32)30(23)27-14-18-12-19(33-2)13-21(26)24(18)31/h3-14,31H,15H2,1-2H3/b27-14+,29-16?. The van der Waals surface area contributed by atoms with Gasteiger partial charge in [-0.25, -0.2) is 4.98 Å². The first-order valence-electron chi connectivity index (χ1n) is 10.3. The number of rotatable bonds is 7. The summed E-state index contributed by atoms with van der Waals surface area (Å²) in [4.78, 5) is 23.3. The van der Waals surface area contributed by atoms with Gasteiger partial charge in [-0.3, -0.25) is 4.79 Å². The first-order chi connectivity index (χ1) is 16.5. The average Bonchev–Trinajstić information content (AvgIpc) is 2.86. The van der Waals surface area contributed by atoms with E-state index < -0.39 is 0 Å². The molecule has 0 unspecified atom stereocenters. The van der Waals surface area contributed by atoms with E-state index in [1.807, 2.05) is 37.3 Å². The second-order valence-electron chi connectivity index (χ2n) is 7.27. The minimum Gasteiger partial charge on any atom is -0.506 e. The highest BCUT2D eigenvalue weighted by Gasteiger charge is 2.12. The maximum Gasteiger partial charge on any atom is 0.282 e. The van der Waals surface area contributed by atoms with Crippen molar-refractivity contribution in [2.75, 3.05) is 7.11 Å². The van der Waals surface area contributed by atoms with Crippen LogP contribution < -0.4 is 10.3 Å². The van der Waals surface area contributed by atoms with Crippen molar-refractivity contribution in [2.24, 2.45) is 10.3 Å². The fourth-order valence-electron chi connectivity index (χ4n) is 3.23. The van der Waals surface area contributed by atoms with Gasteiger partial charge in [-0.2, -0.15) is 9.78 Å². The summed E-state index contributed by atoms with van der Waals surface area (Å²) < 4.78 is 6.82. The smallest absolute Gasteiger partial charge is 0.282 e. The molecule has 0 aliphatic rings. The summed E-state index contributed by atoms with van der Waals surface area (Å²) in [7, 11) is 1.52. The Bertz CT molecular complexity index is 1450. The highest BCUT2D eigenvalue weighted by Crippen LogP contribution is 2.31. The van der Waals surface area contributed by atoms with Gasteiger partial charge >= 0.3 is 0 Å². The third-order valence-electron chi connectivity index (χ3n) is 5.02. The molecule has 3 aromatic carbocycles. The van der Waals surface area contributed by atoms with Gasteiger partial charge in [0.25, 0.3) is 5.56 Å². The Balaban J connectivity index is 1.72. The molecule has 1 aromatic heterocycles. The van der Waals surface area contributed by atoms with Gasteiger partial charge in [0.15, 0.2) is 12.4 Å². The number of nitrogens with zero attached hydrogens (tertiary/aromatic N) is 4. The first kappa shape index (κ1) is 23.2. The van der Waals surface area contributed by atoms with E-state index >= 15 is 0 Å². The van der Waals surface area contributed by atoms with Gasteiger partial charge in [0, 0.05) is 5.56 Å². The number of hydrogen-bond donors (Lipinski definition) is 1. The highest BCUT2D eigenvalue weighted by molar-refractivity contribution is 9.10. The molecule has 0 bridgehead atoms. The molecule has 0 radical (unpaired) electrons. The van der Waals surface area contributed by atoms with Crippen molar-refractivity contribution in [1.29, 1.82) is 0 Å². The van der Waals surface area contributed by atoms with Crippen molar-refractivity contribution in [3.63, 3.8) is 0 Å². The van der Waals surface area contributed by atoms with E-state index in [0.29, 0.717) is 32.4 Å². The van der Waals surface area contributed by atoms with E-state index in [-0.39, 0.29) is 23.7 Å². The molecule has 0 atom stereocenters. The summed E-state index contributed by atoms with van der Waals surface area (Å²) in [5.41, 5.74) is 2.11. The second kappa shape index (κ2) is 10.3. The van der Waals surface area contributed by atoms with Crippen LogP contribution in [-0.4, -0.2) is 33.8 Å². The molecule has 0 fully saturated rings. The number of phenolic OH excluding ortho intramolecular Hbond substituents is 1. The molecule has 8 nitrogen and oxygen atoms in total. The maximum absolute atomic E-state index is 13.2. The van der Waals surface area contributed by atoms with Crippen molar-refractivity contribution in [3.8, 4) is 11.5 Å². The number of methoxy groups -OCH3 is 1. The predicted octanol–water partition coefficient (Wildman–Crippen LogP) is 4.70. The normalized spacial score (nSPS) is 11.8. The molecule has 0 aliphatic heterocycles. The third-order valence-corrected chi connectivity index (χ3v) is 5.63. The van der Waals surface area contributed by atoms with Crippen LogP contribution in [0.1, 0.15) is 23.9 Å². The molecular formula is C25H21BrN4O4. The zero-order valence-electron chi connectivity index (χ0n) is 18.5. The minimum absolute atomic E-state index is 0.0350. The highest BCUT2D eigenvalue weighted by atomic mass is 79.9. The Labute approximate surface area is 203 Å². The van der Waals surface area contributed by atoms with Crippen LogP contribution in [0.4, 0.5) is 0 Å². The molecule has 34 heavy (non-hydrogen) atoms. The quantitative estimate of drug-likeness (QED) is 0.281. The van der Waals surface area contributed by atoms with E-state index in [0.717, 1.165) is 10.2 Å². The number of hydrogen-bond acceptors (Lipinski definition) is 7. The predicted molar refractivity (Wildman–Crippen MR) is 135 cm³/mol. The Morgan fingerprint density at radius 2 is 1.88 bits per heavy atom. The third kappa shape index (κ3) is 4.99. The van der Waals surface area contributed by atoms with Crippen molar-refractivity contribution >= 4 is 38.8 Å². The molecule has 0 aliphatic carbocycles. The molecule has 9 heteroatoms. The zero-order chi connectivity index (χ0) is 24.1. The van der Waals surface area contributed by atoms with Crippen LogP contribution in [0.15, 0.2) is 86.3 Å². The van der Waals surface area contributed by atoms with Gasteiger partial charge in [-0.15, -0.1) is 0 Å². The molecule has 0 amide bonds. The number of ether oxygens (including phenoxy) is 1. The van der Waals surface area contributed by atoms with Gasteiger partial charge in [0.1, 0.15) is 11.5 Å². The van der Waals surface area contributed by atoms with E-state index in [9.17, 15) is 9.90 Å². The van der Waals surface area contributed by atoms with Crippen LogP contribution in [0, 0.1) is 0 Å². The SMILES string of the molecule is COc1cc(Br)c(O)c(/C=N/n2c(CON=C(C)c3ccccc3)nc3ccccc3c2=O)c1. The van der Waals surface area contributed by atoms with Crippen molar-refractivity contribution < 1.29 is 14.7 Å². The molecule has 1 heterocycles. The van der Waals surface area contributed by atoms with Gasteiger partial charge in [0.05, 0.1) is 34.4 Å². The topological polar surface area (TPSA) is 98.3 Å². The molecule has 0 saturated heterocycles. The Morgan fingerprint density at radius 3 is 2.65 bits per heavy atom. The Morgan fingerprint density at radius 1 is 1.15 bits per heavy atom.